The van der Waals surface area contributed by atoms with Crippen molar-refractivity contribution in [3.63, 3.8) is 0 Å². The number of rotatable bonds is 7. The van der Waals surface area contributed by atoms with Gasteiger partial charge in [0.2, 0.25) is 0 Å². The highest BCUT2D eigenvalue weighted by Crippen LogP contribution is 2.24. The quantitative estimate of drug-likeness (QED) is 0.456. The predicted molar refractivity (Wildman–Crippen MR) is 76.2 cm³/mol. The number of nitro benzene ring substituents is 1. The van der Waals surface area contributed by atoms with Gasteiger partial charge in [-0.05, 0) is 18.9 Å². The van der Waals surface area contributed by atoms with Crippen LogP contribution in [0.4, 0.5) is 11.5 Å². The molecule has 0 radical (unpaired) electrons. The molecule has 8 nitrogen and oxygen atoms in total. The van der Waals surface area contributed by atoms with Crippen LogP contribution in [0.2, 0.25) is 0 Å². The van der Waals surface area contributed by atoms with Gasteiger partial charge < -0.3 is 10.4 Å². The summed E-state index contributed by atoms with van der Waals surface area (Å²) in [4.78, 5) is 28.9. The minimum atomic E-state index is -0.821. The first kappa shape index (κ1) is 14.6. The van der Waals surface area contributed by atoms with Crippen molar-refractivity contribution >= 4 is 28.4 Å². The highest BCUT2D eigenvalue weighted by molar-refractivity contribution is 5.90. The first-order chi connectivity index (χ1) is 10.1. The van der Waals surface area contributed by atoms with Crippen LogP contribution in [0.1, 0.15) is 19.3 Å². The van der Waals surface area contributed by atoms with E-state index in [-0.39, 0.29) is 12.1 Å². The van der Waals surface area contributed by atoms with Crippen LogP contribution in [0.25, 0.3) is 10.9 Å². The Bertz CT molecular complexity index is 674. The number of hydrogen-bond acceptors (Lipinski definition) is 6. The van der Waals surface area contributed by atoms with Crippen molar-refractivity contribution in [2.45, 2.75) is 19.3 Å². The van der Waals surface area contributed by atoms with Crippen molar-refractivity contribution in [1.29, 1.82) is 0 Å². The molecule has 0 saturated heterocycles. The SMILES string of the molecule is O=C(O)CCCCNc1ncnc2ccc([N+](=O)[O-])cc12. The van der Waals surface area contributed by atoms with Gasteiger partial charge in [0, 0.05) is 30.5 Å². The molecular weight excluding hydrogens is 276 g/mol. The summed E-state index contributed by atoms with van der Waals surface area (Å²) in [5, 5.41) is 23.0. The van der Waals surface area contributed by atoms with Crippen LogP contribution in [0, 0.1) is 10.1 Å². The number of aromatic nitrogens is 2. The molecule has 0 saturated carbocycles. The van der Waals surface area contributed by atoms with E-state index in [4.69, 9.17) is 5.11 Å². The number of nitro groups is 1. The lowest BCUT2D eigenvalue weighted by Crippen LogP contribution is -2.05. The molecule has 0 spiro atoms. The standard InChI is InChI=1S/C13H14N4O4/c18-12(19)3-1-2-6-14-13-10-7-9(17(20)21)4-5-11(10)15-8-16-13/h4-5,7-8H,1-3,6H2,(H,18,19)(H,14,15,16). The van der Waals surface area contributed by atoms with Crippen LogP contribution >= 0.6 is 0 Å². The van der Waals surface area contributed by atoms with E-state index in [1.807, 2.05) is 0 Å². The van der Waals surface area contributed by atoms with Gasteiger partial charge in [-0.25, -0.2) is 9.97 Å². The molecule has 0 aliphatic carbocycles. The molecule has 2 aromatic rings. The molecular formula is C13H14N4O4. The van der Waals surface area contributed by atoms with Crippen molar-refractivity contribution < 1.29 is 14.8 Å². The molecule has 2 N–H and O–H groups in total. The molecule has 0 fully saturated rings. The van der Waals surface area contributed by atoms with Crippen LogP contribution < -0.4 is 5.32 Å². The Hall–Kier alpha value is -2.77. The minimum Gasteiger partial charge on any atom is -0.481 e. The highest BCUT2D eigenvalue weighted by Gasteiger charge is 2.10. The van der Waals surface area contributed by atoms with E-state index in [0.717, 1.165) is 0 Å². The smallest absolute Gasteiger partial charge is 0.303 e. The van der Waals surface area contributed by atoms with Crippen LogP contribution in [-0.4, -0.2) is 32.5 Å². The zero-order valence-corrected chi connectivity index (χ0v) is 11.2. The summed E-state index contributed by atoms with van der Waals surface area (Å²) < 4.78 is 0. The molecule has 1 aromatic heterocycles. The number of carboxylic acid groups (broad SMARTS) is 1. The number of nitrogens with zero attached hydrogens (tertiary/aromatic N) is 3. The summed E-state index contributed by atoms with van der Waals surface area (Å²) in [6, 6.07) is 4.39. The molecule has 0 aliphatic rings. The van der Waals surface area contributed by atoms with Crippen molar-refractivity contribution in [3.05, 3.63) is 34.6 Å². The number of carbonyl (C=O) groups is 1. The molecule has 1 aromatic carbocycles. The van der Waals surface area contributed by atoms with Crippen LogP contribution in [0.15, 0.2) is 24.5 Å². The predicted octanol–water partition coefficient (Wildman–Crippen LogP) is 2.20. The number of benzene rings is 1. The number of hydrogen-bond donors (Lipinski definition) is 2. The average Bonchev–Trinajstić information content (AvgIpc) is 2.46. The van der Waals surface area contributed by atoms with Gasteiger partial charge in [0.15, 0.2) is 0 Å². The van der Waals surface area contributed by atoms with E-state index in [2.05, 4.69) is 15.3 Å². The van der Waals surface area contributed by atoms with E-state index < -0.39 is 10.9 Å². The van der Waals surface area contributed by atoms with E-state index in [0.29, 0.717) is 36.1 Å². The maximum Gasteiger partial charge on any atom is 0.303 e. The lowest BCUT2D eigenvalue weighted by molar-refractivity contribution is -0.384. The summed E-state index contributed by atoms with van der Waals surface area (Å²) in [5.41, 5.74) is 0.592. The third-order valence-electron chi connectivity index (χ3n) is 2.94. The number of anilines is 1. The first-order valence-electron chi connectivity index (χ1n) is 6.43. The number of unbranched alkanes of at least 4 members (excludes halogenated alkanes) is 1. The Kier molecular flexibility index (Phi) is 4.60. The van der Waals surface area contributed by atoms with Crippen molar-refractivity contribution in [2.24, 2.45) is 0 Å². The monoisotopic (exact) mass is 290 g/mol. The fourth-order valence-electron chi connectivity index (χ4n) is 1.91. The Morgan fingerprint density at radius 1 is 1.33 bits per heavy atom. The molecule has 1 heterocycles. The second-order valence-electron chi connectivity index (χ2n) is 4.46. The molecule has 0 amide bonds. The zero-order valence-electron chi connectivity index (χ0n) is 11.2. The average molecular weight is 290 g/mol. The lowest BCUT2D eigenvalue weighted by atomic mass is 10.2. The molecule has 0 atom stereocenters. The molecule has 21 heavy (non-hydrogen) atoms. The molecule has 8 heteroatoms. The Morgan fingerprint density at radius 3 is 2.86 bits per heavy atom. The zero-order chi connectivity index (χ0) is 15.2. The fraction of sp³-hybridized carbons (Fsp3) is 0.308. The molecule has 0 unspecified atom stereocenters. The second-order valence-corrected chi connectivity index (χ2v) is 4.46. The van der Waals surface area contributed by atoms with Crippen molar-refractivity contribution in [3.8, 4) is 0 Å². The summed E-state index contributed by atoms with van der Waals surface area (Å²) in [7, 11) is 0. The van der Waals surface area contributed by atoms with E-state index in [9.17, 15) is 14.9 Å². The van der Waals surface area contributed by atoms with Gasteiger partial charge in [-0.1, -0.05) is 0 Å². The maximum atomic E-state index is 10.8. The van der Waals surface area contributed by atoms with Crippen LogP contribution in [-0.2, 0) is 4.79 Å². The summed E-state index contributed by atoms with van der Waals surface area (Å²) in [6.45, 7) is 0.544. The Morgan fingerprint density at radius 2 is 2.14 bits per heavy atom. The van der Waals surface area contributed by atoms with E-state index in [1.54, 1.807) is 6.07 Å². The number of non-ortho nitro benzene ring substituents is 1. The number of aliphatic carboxylic acids is 1. The molecule has 0 bridgehead atoms. The number of nitrogens with one attached hydrogen (secondary N) is 1. The summed E-state index contributed by atoms with van der Waals surface area (Å²) in [6.07, 6.45) is 2.74. The van der Waals surface area contributed by atoms with Crippen LogP contribution in [0.3, 0.4) is 0 Å². The third-order valence-corrected chi connectivity index (χ3v) is 2.94. The van der Waals surface area contributed by atoms with Crippen molar-refractivity contribution in [1.82, 2.24) is 9.97 Å². The topological polar surface area (TPSA) is 118 Å². The molecule has 2 rings (SSSR count). The van der Waals surface area contributed by atoms with Gasteiger partial charge in [-0.3, -0.25) is 14.9 Å². The maximum absolute atomic E-state index is 10.8. The first-order valence-corrected chi connectivity index (χ1v) is 6.43. The molecule has 110 valence electrons. The van der Waals surface area contributed by atoms with Gasteiger partial charge in [0.25, 0.3) is 5.69 Å². The normalized spacial score (nSPS) is 10.5. The third kappa shape index (κ3) is 3.85. The van der Waals surface area contributed by atoms with E-state index >= 15 is 0 Å². The Balaban J connectivity index is 2.10. The summed E-state index contributed by atoms with van der Waals surface area (Å²) >= 11 is 0. The van der Waals surface area contributed by atoms with Gasteiger partial charge in [0.05, 0.1) is 10.4 Å². The minimum absolute atomic E-state index is 0.0220. The second kappa shape index (κ2) is 6.60. The summed E-state index contributed by atoms with van der Waals surface area (Å²) in [5.74, 6) is -0.308. The fourth-order valence-corrected chi connectivity index (χ4v) is 1.91. The van der Waals surface area contributed by atoms with Gasteiger partial charge >= 0.3 is 5.97 Å². The Labute approximate surface area is 120 Å². The largest absolute Gasteiger partial charge is 0.481 e. The lowest BCUT2D eigenvalue weighted by Gasteiger charge is -2.07. The van der Waals surface area contributed by atoms with Gasteiger partial charge in [-0.2, -0.15) is 0 Å². The van der Waals surface area contributed by atoms with Gasteiger partial charge in [-0.15, -0.1) is 0 Å². The van der Waals surface area contributed by atoms with Gasteiger partial charge in [0.1, 0.15) is 12.1 Å². The van der Waals surface area contributed by atoms with Crippen LogP contribution in [0.5, 0.6) is 0 Å². The highest BCUT2D eigenvalue weighted by atomic mass is 16.6. The van der Waals surface area contributed by atoms with E-state index in [1.165, 1.54) is 18.5 Å². The number of fused-ring (bicyclic) bond motifs is 1. The molecule has 0 aliphatic heterocycles. The van der Waals surface area contributed by atoms with Crippen molar-refractivity contribution in [2.75, 3.05) is 11.9 Å². The number of carboxylic acids is 1.